The average Bonchev–Trinajstić information content (AvgIpc) is 3.56. The number of anilines is 4. The lowest BCUT2D eigenvalue weighted by Gasteiger charge is -2.33. The van der Waals surface area contributed by atoms with Crippen LogP contribution in [-0.2, 0) is 27.1 Å². The first-order chi connectivity index (χ1) is 17.6. The van der Waals surface area contributed by atoms with Gasteiger partial charge >= 0.3 is 8.60 Å². The van der Waals surface area contributed by atoms with Crippen molar-refractivity contribution in [3.05, 3.63) is 34.7 Å². The minimum Gasteiger partial charge on any atom is -0.491 e. The third-order valence-corrected chi connectivity index (χ3v) is 7.32. The van der Waals surface area contributed by atoms with Gasteiger partial charge in [-0.3, -0.25) is 4.68 Å². The summed E-state index contributed by atoms with van der Waals surface area (Å²) in [7, 11) is 3.39. The van der Waals surface area contributed by atoms with Crippen LogP contribution in [0.4, 0.5) is 23.1 Å². The van der Waals surface area contributed by atoms with Crippen LogP contribution in [0.1, 0.15) is 5.56 Å². The lowest BCUT2D eigenvalue weighted by Crippen LogP contribution is -2.44. The second-order valence-electron chi connectivity index (χ2n) is 8.16. The summed E-state index contributed by atoms with van der Waals surface area (Å²) < 4.78 is 24.2. The highest BCUT2D eigenvalue weighted by Gasteiger charge is 2.29. The number of aryl methyl sites for hydroxylation is 1. The molecule has 0 saturated carbocycles. The van der Waals surface area contributed by atoms with Crippen molar-refractivity contribution >= 4 is 47.7 Å². The molecule has 3 aromatic rings. The maximum absolute atomic E-state index is 6.13. The lowest BCUT2D eigenvalue weighted by molar-refractivity contribution is 0.236. The number of nitrogens with zero attached hydrogens (tertiary/aromatic N) is 5. The van der Waals surface area contributed by atoms with E-state index in [4.69, 9.17) is 18.4 Å². The Morgan fingerprint density at radius 3 is 2.72 bits per heavy atom. The van der Waals surface area contributed by atoms with Gasteiger partial charge in [-0.25, -0.2) is 10.5 Å². The summed E-state index contributed by atoms with van der Waals surface area (Å²) in [5, 5.41) is 11.2. The van der Waals surface area contributed by atoms with E-state index >= 15 is 0 Å². The summed E-state index contributed by atoms with van der Waals surface area (Å²) in [4.78, 5) is 11.4. The molecule has 1 saturated heterocycles. The fourth-order valence-corrected chi connectivity index (χ4v) is 5.07. The smallest absolute Gasteiger partial charge is 0.355 e. The van der Waals surface area contributed by atoms with Crippen LogP contribution in [0.5, 0.6) is 5.75 Å². The van der Waals surface area contributed by atoms with Gasteiger partial charge < -0.3 is 29.3 Å². The van der Waals surface area contributed by atoms with Crippen molar-refractivity contribution in [3.8, 4) is 16.9 Å². The van der Waals surface area contributed by atoms with Gasteiger partial charge in [0.15, 0.2) is 5.82 Å². The van der Waals surface area contributed by atoms with Gasteiger partial charge in [-0.2, -0.15) is 14.7 Å². The Bertz CT molecular complexity index is 1220. The first kappa shape index (κ1) is 25.1. The van der Waals surface area contributed by atoms with Crippen LogP contribution >= 0.6 is 24.5 Å². The topological polar surface area (TPSA) is 120 Å². The molecule has 2 aliphatic rings. The molecule has 0 spiro atoms. The number of ether oxygens (including phenoxy) is 1. The van der Waals surface area contributed by atoms with E-state index in [9.17, 15) is 0 Å². The Morgan fingerprint density at radius 2 is 2.00 bits per heavy atom. The molecule has 5 rings (SSSR count). The lowest BCUT2D eigenvalue weighted by atomic mass is 9.97. The zero-order chi connectivity index (χ0) is 25.1. The highest BCUT2D eigenvalue weighted by atomic mass is 79.9. The number of halogens is 1. The maximum Gasteiger partial charge on any atom is 0.355 e. The number of nitrogens with one attached hydrogen (secondary N) is 3. The van der Waals surface area contributed by atoms with Gasteiger partial charge in [0.05, 0.1) is 28.7 Å². The van der Waals surface area contributed by atoms with E-state index in [0.717, 1.165) is 55.2 Å². The quantitative estimate of drug-likeness (QED) is 0.255. The Kier molecular flexibility index (Phi) is 7.85. The first-order valence-electron chi connectivity index (χ1n) is 11.5. The second-order valence-corrected chi connectivity index (χ2v) is 10.4. The van der Waals surface area contributed by atoms with E-state index < -0.39 is 8.60 Å². The predicted molar refractivity (Wildman–Crippen MR) is 142 cm³/mol. The second kappa shape index (κ2) is 11.2. The summed E-state index contributed by atoms with van der Waals surface area (Å²) in [6.07, 6.45) is 6.40. The third-order valence-electron chi connectivity index (χ3n) is 5.90. The van der Waals surface area contributed by atoms with Crippen molar-refractivity contribution in [2.75, 3.05) is 62.7 Å². The number of aromatic nitrogens is 4. The van der Waals surface area contributed by atoms with Gasteiger partial charge in [0.25, 0.3) is 0 Å². The van der Waals surface area contributed by atoms with Crippen molar-refractivity contribution in [3.63, 3.8) is 0 Å². The molecule has 0 bridgehead atoms. The summed E-state index contributed by atoms with van der Waals surface area (Å²) in [6, 6.07) is 2.10. The fraction of sp³-hybridized carbons (Fsp3) is 0.409. The molecular formula is C22H28BrN8O4P. The summed E-state index contributed by atoms with van der Waals surface area (Å²) in [5.41, 5.74) is 8.11. The molecule has 0 amide bonds. The maximum atomic E-state index is 6.13. The highest BCUT2D eigenvalue weighted by Crippen LogP contribution is 2.47. The van der Waals surface area contributed by atoms with E-state index in [2.05, 4.69) is 58.1 Å². The molecule has 14 heteroatoms. The van der Waals surface area contributed by atoms with Crippen molar-refractivity contribution in [2.45, 2.75) is 6.42 Å². The van der Waals surface area contributed by atoms with Crippen LogP contribution in [0, 0.1) is 0 Å². The van der Waals surface area contributed by atoms with Gasteiger partial charge in [-0.1, -0.05) is 0 Å². The predicted octanol–water partition coefficient (Wildman–Crippen LogP) is 3.59. The SMILES string of the molecule is COP(OC)ONc1nc(Nc2cc(-c3cnn(C)c3)c(N3CCNCC3)c3c2OCC3)ncc1Br. The van der Waals surface area contributed by atoms with Crippen molar-refractivity contribution in [1.29, 1.82) is 0 Å². The molecule has 12 nitrogen and oxygen atoms in total. The molecule has 2 aliphatic heterocycles. The molecular weight excluding hydrogens is 551 g/mol. The van der Waals surface area contributed by atoms with Crippen molar-refractivity contribution in [1.82, 2.24) is 25.1 Å². The molecule has 0 atom stereocenters. The Hall–Kier alpha value is -2.54. The van der Waals surface area contributed by atoms with Gasteiger partial charge in [0.2, 0.25) is 5.95 Å². The normalized spacial score (nSPS) is 15.2. The Balaban J connectivity index is 1.51. The standard InChI is InChI=1S/C22H28BrN8O4P/c1-30-13-14(11-26-30)16-10-18(20-15(4-9-34-20)19(16)31-7-5-24-6-8-31)27-22-25-12-17(23)21(28-22)29-35-36(32-2)33-3/h10-13,24H,4-9H2,1-3H3,(H2,25,27,28,29). The molecule has 2 aromatic heterocycles. The van der Waals surface area contributed by atoms with Crippen LogP contribution in [0.15, 0.2) is 29.1 Å². The monoisotopic (exact) mass is 578 g/mol. The molecule has 36 heavy (non-hydrogen) atoms. The average molecular weight is 579 g/mol. The molecule has 0 radical (unpaired) electrons. The minimum absolute atomic E-state index is 0.383. The van der Waals surface area contributed by atoms with Crippen LogP contribution < -0.4 is 25.8 Å². The van der Waals surface area contributed by atoms with Gasteiger partial charge in [0, 0.05) is 83.0 Å². The molecule has 0 unspecified atom stereocenters. The zero-order valence-corrected chi connectivity index (χ0v) is 22.7. The fourth-order valence-electron chi connectivity index (χ4n) is 4.33. The van der Waals surface area contributed by atoms with E-state index in [-0.39, 0.29) is 0 Å². The number of benzene rings is 1. The number of rotatable bonds is 9. The van der Waals surface area contributed by atoms with Gasteiger partial charge in [0.1, 0.15) is 5.75 Å². The van der Waals surface area contributed by atoms with Crippen LogP contribution in [-0.4, -0.2) is 66.8 Å². The van der Waals surface area contributed by atoms with Crippen molar-refractivity contribution in [2.24, 2.45) is 7.05 Å². The largest absolute Gasteiger partial charge is 0.491 e. The molecule has 192 valence electrons. The van der Waals surface area contributed by atoms with E-state index in [1.807, 2.05) is 24.1 Å². The van der Waals surface area contributed by atoms with Crippen LogP contribution in [0.25, 0.3) is 11.1 Å². The van der Waals surface area contributed by atoms with E-state index in [1.165, 1.54) is 25.5 Å². The zero-order valence-electron chi connectivity index (χ0n) is 20.2. The molecule has 0 aliphatic carbocycles. The number of hydrogen-bond donors (Lipinski definition) is 3. The summed E-state index contributed by atoms with van der Waals surface area (Å²) >= 11 is 3.44. The first-order valence-corrected chi connectivity index (χ1v) is 13.3. The molecule has 3 N–H and O–H groups in total. The number of fused-ring (bicyclic) bond motifs is 1. The Labute approximate surface area is 218 Å². The Morgan fingerprint density at radius 1 is 1.19 bits per heavy atom. The van der Waals surface area contributed by atoms with Gasteiger partial charge in [-0.15, -0.1) is 0 Å². The summed E-state index contributed by atoms with van der Waals surface area (Å²) in [6.45, 7) is 4.38. The summed E-state index contributed by atoms with van der Waals surface area (Å²) in [5.74, 6) is 1.64. The number of piperazine rings is 1. The highest BCUT2D eigenvalue weighted by molar-refractivity contribution is 9.10. The van der Waals surface area contributed by atoms with E-state index in [0.29, 0.717) is 22.8 Å². The molecule has 1 aromatic carbocycles. The minimum atomic E-state index is -1.54. The third kappa shape index (κ3) is 5.26. The van der Waals surface area contributed by atoms with Crippen LogP contribution in [0.2, 0.25) is 0 Å². The molecule has 4 heterocycles. The van der Waals surface area contributed by atoms with Crippen LogP contribution in [0.3, 0.4) is 0 Å². The van der Waals surface area contributed by atoms with Crippen molar-refractivity contribution < 1.29 is 18.4 Å². The molecule has 1 fully saturated rings. The van der Waals surface area contributed by atoms with Gasteiger partial charge in [-0.05, 0) is 22.0 Å². The van der Waals surface area contributed by atoms with E-state index in [1.54, 1.807) is 6.20 Å². The number of hydrogen-bond acceptors (Lipinski definition) is 11.